The number of carbonyl (C=O) groups is 1. The van der Waals surface area contributed by atoms with Gasteiger partial charge in [0, 0.05) is 39.1 Å². The number of piperidine rings is 1. The van der Waals surface area contributed by atoms with Gasteiger partial charge in [-0.3, -0.25) is 9.69 Å². The molecule has 0 spiro atoms. The number of hydrogen-bond donors (Lipinski definition) is 1. The first-order chi connectivity index (χ1) is 10.1. The quantitative estimate of drug-likeness (QED) is 0.825. The highest BCUT2D eigenvalue weighted by atomic mass is 16.5. The first kappa shape index (κ1) is 16.7. The molecule has 0 bridgehead atoms. The molecule has 5 nitrogen and oxygen atoms in total. The van der Waals surface area contributed by atoms with Crippen LogP contribution >= 0.6 is 0 Å². The molecule has 0 aromatic heterocycles. The minimum Gasteiger partial charge on any atom is -0.373 e. The van der Waals surface area contributed by atoms with Gasteiger partial charge in [-0.1, -0.05) is 0 Å². The number of hydrogen-bond acceptors (Lipinski definition) is 4. The van der Waals surface area contributed by atoms with Crippen LogP contribution in [0.5, 0.6) is 0 Å². The van der Waals surface area contributed by atoms with Gasteiger partial charge in [0.15, 0.2) is 0 Å². The Morgan fingerprint density at radius 1 is 1.19 bits per heavy atom. The van der Waals surface area contributed by atoms with Crippen molar-refractivity contribution in [3.05, 3.63) is 0 Å². The lowest BCUT2D eigenvalue weighted by molar-refractivity contribution is -0.132. The fraction of sp³-hybridized carbons (Fsp3) is 0.938. The van der Waals surface area contributed by atoms with E-state index < -0.39 is 0 Å². The second kappa shape index (κ2) is 8.11. The Balaban J connectivity index is 1.70. The molecule has 2 atom stereocenters. The minimum atomic E-state index is 0.285. The molecule has 2 unspecified atom stereocenters. The van der Waals surface area contributed by atoms with E-state index in [9.17, 15) is 4.79 Å². The monoisotopic (exact) mass is 297 g/mol. The van der Waals surface area contributed by atoms with Crippen molar-refractivity contribution < 1.29 is 9.53 Å². The number of nitrogens with zero attached hydrogens (tertiary/aromatic N) is 2. The molecule has 0 aromatic rings. The summed E-state index contributed by atoms with van der Waals surface area (Å²) in [7, 11) is 0. The fourth-order valence-electron chi connectivity index (χ4n) is 3.57. The van der Waals surface area contributed by atoms with Crippen molar-refractivity contribution in [2.45, 2.75) is 51.7 Å². The molecule has 21 heavy (non-hydrogen) atoms. The Kier molecular flexibility index (Phi) is 6.45. The predicted octanol–water partition coefficient (Wildman–Crippen LogP) is 1.07. The molecule has 1 amide bonds. The van der Waals surface area contributed by atoms with E-state index in [0.717, 1.165) is 57.9 Å². The van der Waals surface area contributed by atoms with Crippen LogP contribution in [0.25, 0.3) is 0 Å². The smallest absolute Gasteiger partial charge is 0.222 e. The number of carbonyl (C=O) groups excluding carboxylic acids is 1. The zero-order chi connectivity index (χ0) is 15.2. The summed E-state index contributed by atoms with van der Waals surface area (Å²) in [6.07, 6.45) is 4.36. The highest BCUT2D eigenvalue weighted by molar-refractivity contribution is 5.76. The van der Waals surface area contributed by atoms with Crippen LogP contribution < -0.4 is 5.73 Å². The number of likely N-dealkylation sites (tertiary alicyclic amines) is 1. The largest absolute Gasteiger partial charge is 0.373 e. The first-order valence-corrected chi connectivity index (χ1v) is 8.44. The predicted molar refractivity (Wildman–Crippen MR) is 84.0 cm³/mol. The van der Waals surface area contributed by atoms with Crippen LogP contribution in [0.1, 0.15) is 39.5 Å². The normalized spacial score (nSPS) is 28.8. The van der Waals surface area contributed by atoms with Crippen LogP contribution in [0.2, 0.25) is 0 Å². The van der Waals surface area contributed by atoms with E-state index in [2.05, 4.69) is 18.7 Å². The molecule has 2 rings (SSSR count). The second-order valence-corrected chi connectivity index (χ2v) is 6.69. The van der Waals surface area contributed by atoms with E-state index >= 15 is 0 Å². The molecule has 0 saturated carbocycles. The number of nitrogens with two attached hydrogens (primary N) is 1. The molecule has 122 valence electrons. The van der Waals surface area contributed by atoms with Crippen molar-refractivity contribution in [3.8, 4) is 0 Å². The van der Waals surface area contributed by atoms with Gasteiger partial charge in [-0.15, -0.1) is 0 Å². The molecule has 2 N–H and O–H groups in total. The second-order valence-electron chi connectivity index (χ2n) is 6.69. The van der Waals surface area contributed by atoms with Crippen LogP contribution in [0.3, 0.4) is 0 Å². The van der Waals surface area contributed by atoms with Crippen molar-refractivity contribution in [2.24, 2.45) is 11.7 Å². The van der Waals surface area contributed by atoms with E-state index in [1.807, 2.05) is 4.90 Å². The SMILES string of the molecule is CC1CN(CC2CCN(C(=O)CCCN)CC2)CC(C)O1. The Morgan fingerprint density at radius 3 is 2.38 bits per heavy atom. The van der Waals surface area contributed by atoms with Crippen molar-refractivity contribution in [2.75, 3.05) is 39.3 Å². The van der Waals surface area contributed by atoms with Crippen molar-refractivity contribution in [1.82, 2.24) is 9.80 Å². The maximum absolute atomic E-state index is 12.0. The van der Waals surface area contributed by atoms with Crippen molar-refractivity contribution in [3.63, 3.8) is 0 Å². The summed E-state index contributed by atoms with van der Waals surface area (Å²) in [5.74, 6) is 1.01. The van der Waals surface area contributed by atoms with Crippen LogP contribution in [0, 0.1) is 5.92 Å². The van der Waals surface area contributed by atoms with Crippen LogP contribution in [-0.4, -0.2) is 67.2 Å². The summed E-state index contributed by atoms with van der Waals surface area (Å²) >= 11 is 0. The number of rotatable bonds is 5. The van der Waals surface area contributed by atoms with Gasteiger partial charge in [-0.25, -0.2) is 0 Å². The molecule has 2 heterocycles. The summed E-state index contributed by atoms with van der Waals surface area (Å²) < 4.78 is 5.79. The van der Waals surface area contributed by atoms with Gasteiger partial charge in [-0.05, 0) is 45.6 Å². The fourth-order valence-corrected chi connectivity index (χ4v) is 3.57. The van der Waals surface area contributed by atoms with Gasteiger partial charge in [0.05, 0.1) is 12.2 Å². The van der Waals surface area contributed by atoms with Gasteiger partial charge >= 0.3 is 0 Å². The summed E-state index contributed by atoms with van der Waals surface area (Å²) in [5.41, 5.74) is 5.47. The molecule has 2 aliphatic rings. The Labute approximate surface area is 128 Å². The van der Waals surface area contributed by atoms with Gasteiger partial charge in [0.25, 0.3) is 0 Å². The standard InChI is InChI=1S/C16H31N3O2/c1-13-10-18(11-14(2)21-13)12-15-5-8-19(9-6-15)16(20)4-3-7-17/h13-15H,3-12,17H2,1-2H3. The summed E-state index contributed by atoms with van der Waals surface area (Å²) in [6.45, 7) is 9.99. The molecule has 2 aliphatic heterocycles. The Hall–Kier alpha value is -0.650. The lowest BCUT2D eigenvalue weighted by atomic mass is 9.95. The van der Waals surface area contributed by atoms with Crippen LogP contribution in [0.4, 0.5) is 0 Å². The molecule has 2 saturated heterocycles. The average molecular weight is 297 g/mol. The zero-order valence-electron chi connectivity index (χ0n) is 13.6. The number of ether oxygens (including phenoxy) is 1. The van der Waals surface area contributed by atoms with E-state index in [4.69, 9.17) is 10.5 Å². The van der Waals surface area contributed by atoms with E-state index in [1.165, 1.54) is 0 Å². The van der Waals surface area contributed by atoms with Gasteiger partial charge < -0.3 is 15.4 Å². The molecule has 0 radical (unpaired) electrons. The van der Waals surface area contributed by atoms with Crippen molar-refractivity contribution in [1.29, 1.82) is 0 Å². The highest BCUT2D eigenvalue weighted by Gasteiger charge is 2.27. The van der Waals surface area contributed by atoms with Gasteiger partial charge in [-0.2, -0.15) is 0 Å². The van der Waals surface area contributed by atoms with E-state index in [-0.39, 0.29) is 5.91 Å². The molecular weight excluding hydrogens is 266 g/mol. The molecule has 0 aromatic carbocycles. The van der Waals surface area contributed by atoms with Crippen LogP contribution in [0.15, 0.2) is 0 Å². The Bertz CT molecular complexity index is 319. The van der Waals surface area contributed by atoms with Gasteiger partial charge in [0.2, 0.25) is 5.91 Å². The molecule has 5 heteroatoms. The minimum absolute atomic E-state index is 0.285. The highest BCUT2D eigenvalue weighted by Crippen LogP contribution is 2.21. The third-order valence-electron chi connectivity index (χ3n) is 4.57. The molecular formula is C16H31N3O2. The maximum atomic E-state index is 12.0. The van der Waals surface area contributed by atoms with E-state index in [1.54, 1.807) is 0 Å². The third-order valence-corrected chi connectivity index (χ3v) is 4.57. The maximum Gasteiger partial charge on any atom is 0.222 e. The first-order valence-electron chi connectivity index (χ1n) is 8.44. The number of morpholine rings is 1. The van der Waals surface area contributed by atoms with Crippen LogP contribution in [-0.2, 0) is 9.53 Å². The van der Waals surface area contributed by atoms with E-state index in [0.29, 0.717) is 25.2 Å². The Morgan fingerprint density at radius 2 is 1.81 bits per heavy atom. The lowest BCUT2D eigenvalue weighted by Crippen LogP contribution is -2.48. The molecule has 0 aliphatic carbocycles. The topological polar surface area (TPSA) is 58.8 Å². The molecule has 2 fully saturated rings. The van der Waals surface area contributed by atoms with Crippen molar-refractivity contribution >= 4 is 5.91 Å². The summed E-state index contributed by atoms with van der Waals surface area (Å²) in [6, 6.07) is 0. The summed E-state index contributed by atoms with van der Waals surface area (Å²) in [4.78, 5) is 16.5. The van der Waals surface area contributed by atoms with Gasteiger partial charge in [0.1, 0.15) is 0 Å². The average Bonchev–Trinajstić information content (AvgIpc) is 2.44. The lowest BCUT2D eigenvalue weighted by Gasteiger charge is -2.39. The zero-order valence-corrected chi connectivity index (χ0v) is 13.6. The summed E-state index contributed by atoms with van der Waals surface area (Å²) in [5, 5.41) is 0. The third kappa shape index (κ3) is 5.24. The number of amides is 1.